The number of alkyl halides is 3. The third-order valence-electron chi connectivity index (χ3n) is 2.67. The molecular formula is C10H17F3N2O2. The third kappa shape index (κ3) is 5.36. The standard InChI is InChI=1S/C10H17F3N2O2/c1-7-8(2-3-14-7)9(16)15-4-5-17-6-10(11,12)13/h7-8,14H,2-6H2,1H3,(H,15,16). The number of halogens is 3. The van der Waals surface area contributed by atoms with E-state index in [2.05, 4.69) is 15.4 Å². The zero-order valence-electron chi connectivity index (χ0n) is 9.64. The van der Waals surface area contributed by atoms with Gasteiger partial charge < -0.3 is 15.4 Å². The van der Waals surface area contributed by atoms with Crippen molar-refractivity contribution >= 4 is 5.91 Å². The average molecular weight is 254 g/mol. The van der Waals surface area contributed by atoms with E-state index in [0.29, 0.717) is 0 Å². The van der Waals surface area contributed by atoms with Crippen molar-refractivity contribution in [3.05, 3.63) is 0 Å². The molecule has 2 N–H and O–H groups in total. The molecule has 1 aliphatic rings. The van der Waals surface area contributed by atoms with E-state index >= 15 is 0 Å². The van der Waals surface area contributed by atoms with Crippen molar-refractivity contribution in [2.24, 2.45) is 5.92 Å². The molecule has 2 atom stereocenters. The lowest BCUT2D eigenvalue weighted by molar-refractivity contribution is -0.173. The van der Waals surface area contributed by atoms with Gasteiger partial charge in [0.1, 0.15) is 6.61 Å². The summed E-state index contributed by atoms with van der Waals surface area (Å²) in [5, 5.41) is 5.70. The van der Waals surface area contributed by atoms with E-state index in [-0.39, 0.29) is 31.0 Å². The molecule has 1 aliphatic heterocycles. The summed E-state index contributed by atoms with van der Waals surface area (Å²) >= 11 is 0. The molecule has 0 spiro atoms. The first-order valence-corrected chi connectivity index (χ1v) is 5.56. The van der Waals surface area contributed by atoms with Gasteiger partial charge >= 0.3 is 6.18 Å². The van der Waals surface area contributed by atoms with E-state index in [1.807, 2.05) is 6.92 Å². The lowest BCUT2D eigenvalue weighted by Crippen LogP contribution is -2.38. The van der Waals surface area contributed by atoms with Crippen LogP contribution in [0.4, 0.5) is 13.2 Å². The molecule has 0 bridgehead atoms. The number of carbonyl (C=O) groups excluding carboxylic acids is 1. The number of rotatable bonds is 5. The predicted octanol–water partition coefficient (Wildman–Crippen LogP) is 0.679. The molecule has 1 heterocycles. The van der Waals surface area contributed by atoms with Crippen LogP contribution in [-0.4, -0.2) is 44.4 Å². The summed E-state index contributed by atoms with van der Waals surface area (Å²) in [5.41, 5.74) is 0. The van der Waals surface area contributed by atoms with Gasteiger partial charge in [0.25, 0.3) is 0 Å². The van der Waals surface area contributed by atoms with Crippen molar-refractivity contribution in [1.82, 2.24) is 10.6 Å². The molecule has 0 saturated carbocycles. The van der Waals surface area contributed by atoms with Gasteiger partial charge in [-0.15, -0.1) is 0 Å². The molecule has 1 rings (SSSR count). The van der Waals surface area contributed by atoms with Crippen LogP contribution in [0.25, 0.3) is 0 Å². The first-order chi connectivity index (χ1) is 7.90. The highest BCUT2D eigenvalue weighted by molar-refractivity contribution is 5.79. The van der Waals surface area contributed by atoms with Crippen LogP contribution in [0.3, 0.4) is 0 Å². The van der Waals surface area contributed by atoms with Gasteiger partial charge in [-0.2, -0.15) is 13.2 Å². The summed E-state index contributed by atoms with van der Waals surface area (Å²) in [6.07, 6.45) is -3.55. The SMILES string of the molecule is CC1NCCC1C(=O)NCCOCC(F)(F)F. The topological polar surface area (TPSA) is 50.4 Å². The van der Waals surface area contributed by atoms with Crippen LogP contribution in [0, 0.1) is 5.92 Å². The van der Waals surface area contributed by atoms with Gasteiger partial charge in [-0.1, -0.05) is 0 Å². The molecule has 1 saturated heterocycles. The molecule has 17 heavy (non-hydrogen) atoms. The van der Waals surface area contributed by atoms with Crippen molar-refractivity contribution in [3.63, 3.8) is 0 Å². The molecular weight excluding hydrogens is 237 g/mol. The zero-order valence-corrected chi connectivity index (χ0v) is 9.64. The van der Waals surface area contributed by atoms with Crippen molar-refractivity contribution in [2.45, 2.75) is 25.6 Å². The summed E-state index contributed by atoms with van der Waals surface area (Å²) in [6.45, 7) is 1.42. The molecule has 100 valence electrons. The number of hydrogen-bond acceptors (Lipinski definition) is 3. The Bertz CT molecular complexity index is 258. The lowest BCUT2D eigenvalue weighted by Gasteiger charge is -2.15. The van der Waals surface area contributed by atoms with Crippen molar-refractivity contribution in [3.8, 4) is 0 Å². The quantitative estimate of drug-likeness (QED) is 0.709. The van der Waals surface area contributed by atoms with E-state index in [0.717, 1.165) is 13.0 Å². The summed E-state index contributed by atoms with van der Waals surface area (Å²) < 4.78 is 39.5. The van der Waals surface area contributed by atoms with Gasteiger partial charge in [0.05, 0.1) is 12.5 Å². The van der Waals surface area contributed by atoms with Crippen LogP contribution in [0.5, 0.6) is 0 Å². The smallest absolute Gasteiger partial charge is 0.370 e. The molecule has 0 aliphatic carbocycles. The highest BCUT2D eigenvalue weighted by atomic mass is 19.4. The summed E-state index contributed by atoms with van der Waals surface area (Å²) in [7, 11) is 0. The van der Waals surface area contributed by atoms with Gasteiger partial charge in [0.15, 0.2) is 0 Å². The van der Waals surface area contributed by atoms with Gasteiger partial charge in [-0.3, -0.25) is 4.79 Å². The first-order valence-electron chi connectivity index (χ1n) is 5.56. The van der Waals surface area contributed by atoms with Crippen molar-refractivity contribution < 1.29 is 22.7 Å². The molecule has 7 heteroatoms. The fraction of sp³-hybridized carbons (Fsp3) is 0.900. The van der Waals surface area contributed by atoms with Crippen molar-refractivity contribution in [1.29, 1.82) is 0 Å². The Morgan fingerprint density at radius 1 is 1.53 bits per heavy atom. The van der Waals surface area contributed by atoms with E-state index in [1.54, 1.807) is 0 Å². The fourth-order valence-corrected chi connectivity index (χ4v) is 1.78. The maximum atomic E-state index is 11.7. The minimum atomic E-state index is -4.31. The van der Waals surface area contributed by atoms with Gasteiger partial charge in [0, 0.05) is 12.6 Å². The molecule has 0 aromatic carbocycles. The molecule has 0 aromatic rings. The lowest BCUT2D eigenvalue weighted by atomic mass is 10.0. The van der Waals surface area contributed by atoms with E-state index < -0.39 is 12.8 Å². The second-order valence-corrected chi connectivity index (χ2v) is 4.10. The number of ether oxygens (including phenoxy) is 1. The molecule has 1 fully saturated rings. The average Bonchev–Trinajstić information content (AvgIpc) is 2.62. The van der Waals surface area contributed by atoms with Crippen LogP contribution < -0.4 is 10.6 Å². The second kappa shape index (κ2) is 6.20. The van der Waals surface area contributed by atoms with Gasteiger partial charge in [-0.05, 0) is 19.9 Å². The molecule has 4 nitrogen and oxygen atoms in total. The largest absolute Gasteiger partial charge is 0.411 e. The minimum Gasteiger partial charge on any atom is -0.370 e. The number of nitrogens with one attached hydrogen (secondary N) is 2. The van der Waals surface area contributed by atoms with Crippen LogP contribution >= 0.6 is 0 Å². The Balaban J connectivity index is 2.08. The van der Waals surface area contributed by atoms with Gasteiger partial charge in [0.2, 0.25) is 5.91 Å². The number of hydrogen-bond donors (Lipinski definition) is 2. The number of carbonyl (C=O) groups is 1. The maximum Gasteiger partial charge on any atom is 0.411 e. The number of amides is 1. The molecule has 0 radical (unpaired) electrons. The monoisotopic (exact) mass is 254 g/mol. The predicted molar refractivity (Wildman–Crippen MR) is 55.5 cm³/mol. The van der Waals surface area contributed by atoms with Crippen molar-refractivity contribution in [2.75, 3.05) is 26.3 Å². The third-order valence-corrected chi connectivity index (χ3v) is 2.67. The molecule has 0 aromatic heterocycles. The fourth-order valence-electron chi connectivity index (χ4n) is 1.78. The first kappa shape index (κ1) is 14.2. The zero-order chi connectivity index (χ0) is 12.9. The Hall–Kier alpha value is -0.820. The maximum absolute atomic E-state index is 11.7. The van der Waals surface area contributed by atoms with Gasteiger partial charge in [-0.25, -0.2) is 0 Å². The van der Waals surface area contributed by atoms with Crippen LogP contribution in [0.15, 0.2) is 0 Å². The van der Waals surface area contributed by atoms with Crippen LogP contribution in [0.2, 0.25) is 0 Å². The van der Waals surface area contributed by atoms with Crippen LogP contribution in [0.1, 0.15) is 13.3 Å². The Kier molecular flexibility index (Phi) is 5.20. The van der Waals surface area contributed by atoms with E-state index in [9.17, 15) is 18.0 Å². The Morgan fingerprint density at radius 3 is 2.76 bits per heavy atom. The molecule has 2 unspecified atom stereocenters. The highest BCUT2D eigenvalue weighted by Gasteiger charge is 2.29. The minimum absolute atomic E-state index is 0.0994. The normalized spacial score (nSPS) is 24.9. The summed E-state index contributed by atoms with van der Waals surface area (Å²) in [4.78, 5) is 11.6. The highest BCUT2D eigenvalue weighted by Crippen LogP contribution is 2.15. The van der Waals surface area contributed by atoms with Crippen LogP contribution in [-0.2, 0) is 9.53 Å². The Labute approximate surface area is 97.9 Å². The van der Waals surface area contributed by atoms with E-state index in [1.165, 1.54) is 0 Å². The Morgan fingerprint density at radius 2 is 2.24 bits per heavy atom. The second-order valence-electron chi connectivity index (χ2n) is 4.10. The summed E-state index contributed by atoms with van der Waals surface area (Å²) in [6, 6.07) is 0.117. The van der Waals surface area contributed by atoms with E-state index in [4.69, 9.17) is 0 Å². The molecule has 1 amide bonds. The summed E-state index contributed by atoms with van der Waals surface area (Å²) in [5.74, 6) is -0.226.